The summed E-state index contributed by atoms with van der Waals surface area (Å²) in [5, 5.41) is 9.75. The molecule has 2 N–H and O–H groups in total. The second-order valence-electron chi connectivity index (χ2n) is 18.4. The zero-order valence-electron chi connectivity index (χ0n) is 43.6. The minimum Gasteiger partial charge on any atom is -0.462 e. The van der Waals surface area contributed by atoms with E-state index in [2.05, 4.69) is 69.4 Å². The Balaban J connectivity index is 4.70. The number of phosphoric acid groups is 1. The highest BCUT2D eigenvalue weighted by atomic mass is 31.2. The number of unbranched alkanes of at least 4 members (excludes halogenated alkanes) is 26. The van der Waals surface area contributed by atoms with Crippen LogP contribution in [0.2, 0.25) is 0 Å². The van der Waals surface area contributed by atoms with Crippen LogP contribution in [0.25, 0.3) is 0 Å². The van der Waals surface area contributed by atoms with Gasteiger partial charge >= 0.3 is 25.7 Å². The van der Waals surface area contributed by atoms with Gasteiger partial charge in [-0.05, 0) is 77.0 Å². The number of carbonyl (C=O) groups is 3. The zero-order valence-corrected chi connectivity index (χ0v) is 44.5. The van der Waals surface area contributed by atoms with Gasteiger partial charge in [0.2, 0.25) is 0 Å². The number of esters is 3. The van der Waals surface area contributed by atoms with Crippen LogP contribution in [0.4, 0.5) is 0 Å². The lowest BCUT2D eigenvalue weighted by Crippen LogP contribution is -2.30. The van der Waals surface area contributed by atoms with Gasteiger partial charge in [0.25, 0.3) is 0 Å². The van der Waals surface area contributed by atoms with Gasteiger partial charge in [-0.25, -0.2) is 4.57 Å². The van der Waals surface area contributed by atoms with E-state index in [1.54, 1.807) is 0 Å². The van der Waals surface area contributed by atoms with Crippen molar-refractivity contribution in [3.05, 3.63) is 48.6 Å². The van der Waals surface area contributed by atoms with E-state index in [9.17, 15) is 28.9 Å². The molecule has 3 atom stereocenters. The molecule has 0 spiro atoms. The van der Waals surface area contributed by atoms with E-state index in [0.29, 0.717) is 19.3 Å². The Morgan fingerprint density at radius 1 is 0.412 bits per heavy atom. The summed E-state index contributed by atoms with van der Waals surface area (Å²) in [4.78, 5) is 48.3. The first-order chi connectivity index (χ1) is 33.2. The quantitative estimate of drug-likeness (QED) is 0.0197. The first-order valence-corrected chi connectivity index (χ1v) is 29.0. The predicted molar refractivity (Wildman–Crippen MR) is 279 cm³/mol. The third-order valence-electron chi connectivity index (χ3n) is 11.7. The lowest BCUT2D eigenvalue weighted by molar-refractivity contribution is -0.161. The maximum atomic E-state index is 12.8. The summed E-state index contributed by atoms with van der Waals surface area (Å²) in [6, 6.07) is 0. The smallest absolute Gasteiger partial charge is 0.462 e. The van der Waals surface area contributed by atoms with Crippen molar-refractivity contribution in [3.8, 4) is 0 Å². The fourth-order valence-corrected chi connectivity index (χ4v) is 8.27. The highest BCUT2D eigenvalue weighted by Gasteiger charge is 2.28. The van der Waals surface area contributed by atoms with Gasteiger partial charge in [0.05, 0.1) is 19.8 Å². The second-order valence-corrected chi connectivity index (χ2v) is 19.8. The second kappa shape index (κ2) is 50.8. The van der Waals surface area contributed by atoms with E-state index >= 15 is 0 Å². The maximum absolute atomic E-state index is 12.8. The van der Waals surface area contributed by atoms with Gasteiger partial charge in [-0.1, -0.05) is 204 Å². The Morgan fingerprint density at radius 2 is 0.750 bits per heavy atom. The first-order valence-electron chi connectivity index (χ1n) is 27.5. The average molecular weight is 981 g/mol. The van der Waals surface area contributed by atoms with Gasteiger partial charge in [-0.2, -0.15) is 0 Å². The van der Waals surface area contributed by atoms with Gasteiger partial charge in [0, 0.05) is 19.3 Å². The third kappa shape index (κ3) is 48.5. The molecule has 0 aromatic heterocycles. The van der Waals surface area contributed by atoms with Gasteiger partial charge < -0.3 is 24.2 Å². The molecule has 0 saturated heterocycles. The van der Waals surface area contributed by atoms with Crippen molar-refractivity contribution in [3.63, 3.8) is 0 Å². The fourth-order valence-electron chi connectivity index (χ4n) is 7.48. The molecule has 11 nitrogen and oxygen atoms in total. The number of aliphatic hydroxyl groups excluding tert-OH is 1. The lowest BCUT2D eigenvalue weighted by Gasteiger charge is -2.21. The molecule has 0 aromatic carbocycles. The van der Waals surface area contributed by atoms with Crippen molar-refractivity contribution in [2.75, 3.05) is 26.4 Å². The Labute approximate surface area is 415 Å². The minimum atomic E-state index is -4.74. The highest BCUT2D eigenvalue weighted by Crippen LogP contribution is 2.43. The average Bonchev–Trinajstić information content (AvgIpc) is 3.32. The molecule has 3 unspecified atom stereocenters. The molecule has 0 bridgehead atoms. The molecule has 0 heterocycles. The van der Waals surface area contributed by atoms with Crippen LogP contribution in [0.5, 0.6) is 0 Å². The minimum absolute atomic E-state index is 0.152. The summed E-state index contributed by atoms with van der Waals surface area (Å²) in [6.45, 7) is 4.52. The first kappa shape index (κ1) is 65.4. The van der Waals surface area contributed by atoms with Crippen molar-refractivity contribution in [2.45, 2.75) is 264 Å². The summed E-state index contributed by atoms with van der Waals surface area (Å²) in [5.41, 5.74) is 0. The molecule has 0 aliphatic rings. The van der Waals surface area contributed by atoms with Gasteiger partial charge in [-0.15, -0.1) is 0 Å². The summed E-state index contributed by atoms with van der Waals surface area (Å²) >= 11 is 0. The van der Waals surface area contributed by atoms with Crippen LogP contribution in [0.1, 0.15) is 252 Å². The molecule has 0 saturated carbocycles. The van der Waals surface area contributed by atoms with Crippen LogP contribution in [-0.2, 0) is 42.2 Å². The van der Waals surface area contributed by atoms with Crippen LogP contribution in [-0.4, -0.2) is 66.5 Å². The maximum Gasteiger partial charge on any atom is 0.472 e. The Morgan fingerprint density at radius 3 is 1.18 bits per heavy atom. The number of ether oxygens (including phenoxy) is 3. The molecule has 12 heteroatoms. The molecule has 0 amide bonds. The van der Waals surface area contributed by atoms with Crippen LogP contribution in [0.3, 0.4) is 0 Å². The van der Waals surface area contributed by atoms with Crippen molar-refractivity contribution in [2.24, 2.45) is 0 Å². The molecular formula is C56H101O11P. The van der Waals surface area contributed by atoms with Gasteiger partial charge in [0.1, 0.15) is 12.7 Å². The van der Waals surface area contributed by atoms with E-state index in [1.165, 1.54) is 89.9 Å². The highest BCUT2D eigenvalue weighted by molar-refractivity contribution is 7.47. The SMILES string of the molecule is CCC/C=C\C/C=C\CCCCCCCC(=O)OC(COC(=O)CCCCCCCCCCC/C=C\C/C=C\CCCCC)COP(=O)(O)OCC(CO)OC(=O)CCCCCCCCCCC. The molecule has 0 aliphatic heterocycles. The number of rotatable bonds is 51. The number of phosphoric ester groups is 1. The third-order valence-corrected chi connectivity index (χ3v) is 12.7. The Hall–Kier alpha value is -2.56. The standard InChI is InChI=1S/C56H101O11P/c1-4-7-10-13-16-19-21-23-24-25-26-27-28-30-31-34-36-39-42-45-54(58)63-49-53(67-56(60)47-44-41-38-35-32-29-22-20-17-14-11-8-5-2)51-65-68(61,62)64-50-52(48-57)66-55(59)46-43-40-37-33-18-15-12-9-6-3/h11,14,16,19-20,22-24,52-53,57H,4-10,12-13,15,17-18,21,25-51H2,1-3H3,(H,61,62)/b14-11-,19-16-,22-20-,24-23-. The van der Waals surface area contributed by atoms with E-state index < -0.39 is 57.8 Å². The summed E-state index contributed by atoms with van der Waals surface area (Å²) in [5.74, 6) is -1.48. The predicted octanol–water partition coefficient (Wildman–Crippen LogP) is 15.8. The van der Waals surface area contributed by atoms with Crippen LogP contribution < -0.4 is 0 Å². The van der Waals surface area contributed by atoms with Crippen LogP contribution >= 0.6 is 7.82 Å². The molecule has 396 valence electrons. The number of hydrogen-bond acceptors (Lipinski definition) is 10. The van der Waals surface area contributed by atoms with Gasteiger partial charge in [-0.3, -0.25) is 23.4 Å². The largest absolute Gasteiger partial charge is 0.472 e. The van der Waals surface area contributed by atoms with Crippen molar-refractivity contribution >= 4 is 25.7 Å². The number of carbonyl (C=O) groups excluding carboxylic acids is 3. The Kier molecular flexibility index (Phi) is 48.9. The molecule has 0 rings (SSSR count). The summed E-state index contributed by atoms with van der Waals surface area (Å²) in [6.07, 6.45) is 52.3. The number of allylic oxidation sites excluding steroid dienone is 8. The van der Waals surface area contributed by atoms with Crippen molar-refractivity contribution < 1.29 is 52.2 Å². The van der Waals surface area contributed by atoms with Crippen LogP contribution in [0.15, 0.2) is 48.6 Å². The van der Waals surface area contributed by atoms with Crippen LogP contribution in [0, 0.1) is 0 Å². The van der Waals surface area contributed by atoms with E-state index in [-0.39, 0.29) is 25.9 Å². The summed E-state index contributed by atoms with van der Waals surface area (Å²) < 4.78 is 39.4. The topological polar surface area (TPSA) is 155 Å². The lowest BCUT2D eigenvalue weighted by atomic mass is 10.1. The molecule has 0 radical (unpaired) electrons. The van der Waals surface area contributed by atoms with E-state index in [0.717, 1.165) is 103 Å². The molecule has 0 aromatic rings. The number of aliphatic hydroxyl groups is 1. The molecule has 0 aliphatic carbocycles. The van der Waals surface area contributed by atoms with Crippen molar-refractivity contribution in [1.29, 1.82) is 0 Å². The van der Waals surface area contributed by atoms with E-state index in [4.69, 9.17) is 23.3 Å². The Bertz CT molecular complexity index is 1330. The normalized spacial score (nSPS) is 13.8. The molecular weight excluding hydrogens is 880 g/mol. The summed E-state index contributed by atoms with van der Waals surface area (Å²) in [7, 11) is -4.74. The number of hydrogen-bond donors (Lipinski definition) is 2. The van der Waals surface area contributed by atoms with Crippen molar-refractivity contribution in [1.82, 2.24) is 0 Å². The molecule has 0 fully saturated rings. The monoisotopic (exact) mass is 981 g/mol. The van der Waals surface area contributed by atoms with Gasteiger partial charge in [0.15, 0.2) is 6.10 Å². The fraction of sp³-hybridized carbons (Fsp3) is 0.804. The van der Waals surface area contributed by atoms with E-state index in [1.807, 2.05) is 0 Å². The molecule has 68 heavy (non-hydrogen) atoms. The zero-order chi connectivity index (χ0) is 49.9.